The number of benzene rings is 1. The molecule has 0 radical (unpaired) electrons. The average Bonchev–Trinajstić information content (AvgIpc) is 2.86. The Kier molecular flexibility index (Phi) is 2.67. The molecule has 1 aromatic heterocycles. The number of carbonyl (C=O) groups is 1. The van der Waals surface area contributed by atoms with E-state index < -0.39 is 11.5 Å². The lowest BCUT2D eigenvalue weighted by Crippen LogP contribution is -2.58. The highest BCUT2D eigenvalue weighted by Gasteiger charge is 2.51. The van der Waals surface area contributed by atoms with Crippen molar-refractivity contribution in [1.29, 1.82) is 0 Å². The van der Waals surface area contributed by atoms with E-state index in [1.54, 1.807) is 0 Å². The number of nitrogens with zero attached hydrogens (tertiary/aromatic N) is 1. The fourth-order valence-electron chi connectivity index (χ4n) is 4.40. The molecule has 0 saturated carbocycles. The van der Waals surface area contributed by atoms with Gasteiger partial charge >= 0.3 is 5.97 Å². The molecule has 1 saturated heterocycles. The number of aliphatic carboxylic acids is 1. The molecule has 0 spiro atoms. The third-order valence-electron chi connectivity index (χ3n) is 5.51. The molecule has 2 aliphatic heterocycles. The summed E-state index contributed by atoms with van der Waals surface area (Å²) in [6.45, 7) is 4.06. The molecule has 21 heavy (non-hydrogen) atoms. The summed E-state index contributed by atoms with van der Waals surface area (Å²) in [5.41, 5.74) is 3.16. The van der Waals surface area contributed by atoms with Crippen LogP contribution in [0.5, 0.6) is 0 Å². The first-order valence-corrected chi connectivity index (χ1v) is 7.70. The van der Waals surface area contributed by atoms with Gasteiger partial charge in [0, 0.05) is 23.1 Å². The van der Waals surface area contributed by atoms with Crippen molar-refractivity contribution in [3.05, 3.63) is 35.5 Å². The number of nitrogens with one attached hydrogen (secondary N) is 1. The minimum absolute atomic E-state index is 0.335. The average molecular weight is 284 g/mol. The van der Waals surface area contributed by atoms with Crippen LogP contribution < -0.4 is 0 Å². The van der Waals surface area contributed by atoms with Crippen LogP contribution in [0.2, 0.25) is 0 Å². The van der Waals surface area contributed by atoms with Gasteiger partial charge in [-0.15, -0.1) is 0 Å². The summed E-state index contributed by atoms with van der Waals surface area (Å²) in [4.78, 5) is 17.7. The van der Waals surface area contributed by atoms with Gasteiger partial charge in [-0.25, -0.2) is 0 Å². The van der Waals surface area contributed by atoms with E-state index >= 15 is 0 Å². The summed E-state index contributed by atoms with van der Waals surface area (Å²) < 4.78 is 0. The topological polar surface area (TPSA) is 56.3 Å². The molecule has 4 nitrogen and oxygen atoms in total. The molecule has 2 N–H and O–H groups in total. The smallest absolute Gasteiger partial charge is 0.308 e. The number of aromatic nitrogens is 1. The molecule has 0 aliphatic carbocycles. The van der Waals surface area contributed by atoms with Crippen LogP contribution in [0.25, 0.3) is 10.9 Å². The van der Waals surface area contributed by atoms with E-state index in [1.165, 1.54) is 10.9 Å². The van der Waals surface area contributed by atoms with Crippen molar-refractivity contribution in [1.82, 2.24) is 9.88 Å². The summed E-state index contributed by atoms with van der Waals surface area (Å²) >= 11 is 0. The predicted molar refractivity (Wildman–Crippen MR) is 81.3 cm³/mol. The van der Waals surface area contributed by atoms with Gasteiger partial charge in [-0.05, 0) is 44.4 Å². The van der Waals surface area contributed by atoms with E-state index in [0.29, 0.717) is 0 Å². The van der Waals surface area contributed by atoms with Gasteiger partial charge in [-0.1, -0.05) is 18.2 Å². The van der Waals surface area contributed by atoms with E-state index in [-0.39, 0.29) is 5.92 Å². The monoisotopic (exact) mass is 284 g/mol. The number of rotatable bonds is 1. The lowest BCUT2D eigenvalue weighted by molar-refractivity contribution is -0.152. The van der Waals surface area contributed by atoms with Gasteiger partial charge in [-0.3, -0.25) is 9.69 Å². The van der Waals surface area contributed by atoms with E-state index in [9.17, 15) is 9.90 Å². The minimum Gasteiger partial charge on any atom is -0.481 e. The number of carboxylic acid groups (broad SMARTS) is 1. The summed E-state index contributed by atoms with van der Waals surface area (Å²) in [5, 5.41) is 11.0. The maximum absolute atomic E-state index is 11.8. The number of hydrogen-bond donors (Lipinski definition) is 2. The third kappa shape index (κ3) is 1.62. The van der Waals surface area contributed by atoms with Crippen molar-refractivity contribution in [2.24, 2.45) is 5.92 Å². The Morgan fingerprint density at radius 2 is 2.19 bits per heavy atom. The minimum atomic E-state index is -0.672. The molecule has 0 amide bonds. The van der Waals surface area contributed by atoms with Gasteiger partial charge in [0.1, 0.15) is 0 Å². The number of fused-ring (bicyclic) bond motifs is 5. The standard InChI is InChI=1S/C17H20N2O2/c1-17-13(16(20)21)6-4-9-19(17)10-8-12-11-5-2-3-7-14(11)18-15(12)17/h2-3,5,7,13,18H,4,6,8-10H2,1H3,(H,20,21). The zero-order valence-corrected chi connectivity index (χ0v) is 12.2. The number of piperidine rings is 1. The zero-order valence-electron chi connectivity index (χ0n) is 12.2. The summed E-state index contributed by atoms with van der Waals surface area (Å²) in [6, 6.07) is 8.31. The highest BCUT2D eigenvalue weighted by molar-refractivity contribution is 5.86. The van der Waals surface area contributed by atoms with E-state index in [4.69, 9.17) is 0 Å². The quantitative estimate of drug-likeness (QED) is 0.846. The SMILES string of the molecule is CC12c3[nH]c4ccccc4c3CCN1CCCC2C(=O)O. The lowest BCUT2D eigenvalue weighted by Gasteiger charge is -2.51. The Bertz CT molecular complexity index is 721. The summed E-state index contributed by atoms with van der Waals surface area (Å²) in [7, 11) is 0. The predicted octanol–water partition coefficient (Wildman–Crippen LogP) is 2.74. The van der Waals surface area contributed by atoms with Gasteiger partial charge in [0.15, 0.2) is 0 Å². The van der Waals surface area contributed by atoms with Crippen LogP contribution in [-0.4, -0.2) is 34.0 Å². The van der Waals surface area contributed by atoms with Crippen molar-refractivity contribution in [3.63, 3.8) is 0 Å². The van der Waals surface area contributed by atoms with Gasteiger partial charge in [-0.2, -0.15) is 0 Å². The number of hydrogen-bond acceptors (Lipinski definition) is 2. The highest BCUT2D eigenvalue weighted by Crippen LogP contribution is 2.47. The van der Waals surface area contributed by atoms with Crippen molar-refractivity contribution >= 4 is 16.9 Å². The molecule has 4 rings (SSSR count). The zero-order chi connectivity index (χ0) is 14.6. The second kappa shape index (κ2) is 4.34. The second-order valence-electron chi connectivity index (χ2n) is 6.44. The molecule has 2 aromatic rings. The van der Waals surface area contributed by atoms with Crippen LogP contribution in [0.4, 0.5) is 0 Å². The van der Waals surface area contributed by atoms with E-state index in [2.05, 4.69) is 35.0 Å². The molecule has 0 bridgehead atoms. The largest absolute Gasteiger partial charge is 0.481 e. The fraction of sp³-hybridized carbons (Fsp3) is 0.471. The molecule has 2 unspecified atom stereocenters. The van der Waals surface area contributed by atoms with Gasteiger partial charge in [0.25, 0.3) is 0 Å². The Hall–Kier alpha value is -1.81. The normalized spacial score (nSPS) is 29.1. The summed E-state index contributed by atoms with van der Waals surface area (Å²) in [6.07, 6.45) is 2.74. The molecule has 1 aromatic carbocycles. The Morgan fingerprint density at radius 1 is 1.38 bits per heavy atom. The van der Waals surface area contributed by atoms with Crippen molar-refractivity contribution in [3.8, 4) is 0 Å². The number of aromatic amines is 1. The van der Waals surface area contributed by atoms with Crippen molar-refractivity contribution in [2.75, 3.05) is 13.1 Å². The van der Waals surface area contributed by atoms with Crippen LogP contribution in [0.1, 0.15) is 31.0 Å². The fourth-order valence-corrected chi connectivity index (χ4v) is 4.40. The highest BCUT2D eigenvalue weighted by atomic mass is 16.4. The van der Waals surface area contributed by atoms with E-state index in [1.807, 2.05) is 6.07 Å². The van der Waals surface area contributed by atoms with Crippen LogP contribution in [-0.2, 0) is 16.8 Å². The molecular weight excluding hydrogens is 264 g/mol. The first-order chi connectivity index (χ1) is 10.1. The number of H-pyrrole nitrogens is 1. The first-order valence-electron chi connectivity index (χ1n) is 7.70. The Morgan fingerprint density at radius 3 is 3.00 bits per heavy atom. The summed E-state index contributed by atoms with van der Waals surface area (Å²) in [5.74, 6) is -1.01. The molecule has 4 heteroatoms. The Balaban J connectivity index is 1.96. The number of para-hydroxylation sites is 1. The van der Waals surface area contributed by atoms with Crippen LogP contribution in [0.15, 0.2) is 24.3 Å². The Labute approximate surface area is 123 Å². The van der Waals surface area contributed by atoms with Gasteiger partial charge in [0.2, 0.25) is 0 Å². The maximum atomic E-state index is 11.8. The third-order valence-corrected chi connectivity index (χ3v) is 5.51. The molecule has 110 valence electrons. The van der Waals surface area contributed by atoms with E-state index in [0.717, 1.165) is 43.6 Å². The first kappa shape index (κ1) is 12.9. The molecular formula is C17H20N2O2. The van der Waals surface area contributed by atoms with Crippen LogP contribution >= 0.6 is 0 Å². The molecule has 2 atom stereocenters. The maximum Gasteiger partial charge on any atom is 0.308 e. The van der Waals surface area contributed by atoms with Crippen LogP contribution in [0.3, 0.4) is 0 Å². The van der Waals surface area contributed by atoms with Gasteiger partial charge in [0.05, 0.1) is 11.5 Å². The second-order valence-corrected chi connectivity index (χ2v) is 6.44. The van der Waals surface area contributed by atoms with Crippen LogP contribution in [0, 0.1) is 5.92 Å². The lowest BCUT2D eigenvalue weighted by atomic mass is 9.72. The number of carboxylic acids is 1. The van der Waals surface area contributed by atoms with Gasteiger partial charge < -0.3 is 10.1 Å². The molecule has 1 fully saturated rings. The molecule has 3 heterocycles. The van der Waals surface area contributed by atoms with Crippen molar-refractivity contribution < 1.29 is 9.90 Å². The van der Waals surface area contributed by atoms with Crippen molar-refractivity contribution in [2.45, 2.75) is 31.7 Å². The molecule has 2 aliphatic rings.